The van der Waals surface area contributed by atoms with Crippen molar-refractivity contribution in [2.75, 3.05) is 34.2 Å². The van der Waals surface area contributed by atoms with Gasteiger partial charge in [0.1, 0.15) is 0 Å². The number of carbonyl (C=O) groups excluding carboxylic acids is 1. The van der Waals surface area contributed by atoms with Gasteiger partial charge in [0.05, 0.1) is 0 Å². The van der Waals surface area contributed by atoms with Crippen LogP contribution in [0.1, 0.15) is 27.2 Å². The highest BCUT2D eigenvalue weighted by Gasteiger charge is 1.96. The maximum Gasteiger partial charge on any atom is 0.245 e. The van der Waals surface area contributed by atoms with Crippen molar-refractivity contribution in [3.63, 3.8) is 0 Å². The first-order valence-electron chi connectivity index (χ1n) is 5.64. The van der Waals surface area contributed by atoms with Crippen LogP contribution >= 0.6 is 0 Å². The van der Waals surface area contributed by atoms with Gasteiger partial charge in [-0.15, -0.1) is 0 Å². The Labute approximate surface area is 94.8 Å². The van der Waals surface area contributed by atoms with Crippen LogP contribution in [0.2, 0.25) is 0 Å². The SMILES string of the molecule is CC.CCCN(C)C/C=C/C(=O)N(C)C. The molecule has 0 aromatic carbocycles. The topological polar surface area (TPSA) is 23.6 Å². The molecule has 0 saturated heterocycles. The second-order valence-corrected chi connectivity index (χ2v) is 3.40. The Morgan fingerprint density at radius 3 is 2.13 bits per heavy atom. The summed E-state index contributed by atoms with van der Waals surface area (Å²) in [5, 5.41) is 0. The van der Waals surface area contributed by atoms with Gasteiger partial charge in [0.25, 0.3) is 0 Å². The molecular weight excluding hydrogens is 188 g/mol. The van der Waals surface area contributed by atoms with Crippen LogP contribution in [0, 0.1) is 0 Å². The molecule has 3 nitrogen and oxygen atoms in total. The molecule has 1 amide bonds. The summed E-state index contributed by atoms with van der Waals surface area (Å²) in [4.78, 5) is 14.8. The minimum atomic E-state index is 0.0462. The smallest absolute Gasteiger partial charge is 0.245 e. The van der Waals surface area contributed by atoms with Gasteiger partial charge in [-0.2, -0.15) is 0 Å². The highest BCUT2D eigenvalue weighted by atomic mass is 16.2. The number of hydrogen-bond donors (Lipinski definition) is 0. The fraction of sp³-hybridized carbons (Fsp3) is 0.750. The number of likely N-dealkylation sites (N-methyl/N-ethyl adjacent to an activating group) is 2. The van der Waals surface area contributed by atoms with Crippen molar-refractivity contribution in [2.45, 2.75) is 27.2 Å². The van der Waals surface area contributed by atoms with E-state index in [2.05, 4.69) is 11.8 Å². The molecule has 0 N–H and O–H groups in total. The second kappa shape index (κ2) is 11.2. The molecule has 0 aliphatic heterocycles. The third-order valence-electron chi connectivity index (χ3n) is 1.72. The molecule has 90 valence electrons. The average Bonchev–Trinajstić information content (AvgIpc) is 2.21. The van der Waals surface area contributed by atoms with Gasteiger partial charge in [-0.05, 0) is 20.0 Å². The maximum atomic E-state index is 11.1. The van der Waals surface area contributed by atoms with E-state index >= 15 is 0 Å². The summed E-state index contributed by atoms with van der Waals surface area (Å²) in [5.41, 5.74) is 0. The van der Waals surface area contributed by atoms with Crippen LogP contribution in [0.5, 0.6) is 0 Å². The van der Waals surface area contributed by atoms with Crippen molar-refractivity contribution in [3.05, 3.63) is 12.2 Å². The molecule has 0 fully saturated rings. The first-order chi connectivity index (χ1) is 7.07. The molecule has 0 spiro atoms. The predicted molar refractivity (Wildman–Crippen MR) is 67.0 cm³/mol. The third-order valence-corrected chi connectivity index (χ3v) is 1.72. The summed E-state index contributed by atoms with van der Waals surface area (Å²) >= 11 is 0. The zero-order valence-corrected chi connectivity index (χ0v) is 11.1. The fourth-order valence-corrected chi connectivity index (χ4v) is 0.956. The molecule has 0 aliphatic carbocycles. The molecule has 0 aromatic rings. The molecule has 0 rings (SSSR count). The predicted octanol–water partition coefficient (Wildman–Crippen LogP) is 2.00. The van der Waals surface area contributed by atoms with Crippen LogP contribution in [0.15, 0.2) is 12.2 Å². The van der Waals surface area contributed by atoms with E-state index < -0.39 is 0 Å². The largest absolute Gasteiger partial charge is 0.345 e. The van der Waals surface area contributed by atoms with E-state index in [-0.39, 0.29) is 5.91 Å². The number of carbonyl (C=O) groups is 1. The summed E-state index contributed by atoms with van der Waals surface area (Å²) in [6.07, 6.45) is 4.66. The number of hydrogen-bond acceptors (Lipinski definition) is 2. The monoisotopic (exact) mass is 214 g/mol. The minimum Gasteiger partial charge on any atom is -0.345 e. The Kier molecular flexibility index (Phi) is 12.4. The van der Waals surface area contributed by atoms with E-state index in [1.165, 1.54) is 0 Å². The van der Waals surface area contributed by atoms with Crippen molar-refractivity contribution >= 4 is 5.91 Å². The Hall–Kier alpha value is -0.830. The van der Waals surface area contributed by atoms with Gasteiger partial charge in [-0.25, -0.2) is 0 Å². The summed E-state index contributed by atoms with van der Waals surface area (Å²) in [6, 6.07) is 0. The molecule has 0 unspecified atom stereocenters. The normalized spacial score (nSPS) is 10.1. The molecule has 0 aliphatic rings. The zero-order chi connectivity index (χ0) is 12.3. The van der Waals surface area contributed by atoms with Crippen LogP contribution in [0.4, 0.5) is 0 Å². The van der Waals surface area contributed by atoms with Gasteiger partial charge in [0.2, 0.25) is 5.91 Å². The Bertz CT molecular complexity index is 176. The van der Waals surface area contributed by atoms with E-state index in [1.807, 2.05) is 27.0 Å². The highest BCUT2D eigenvalue weighted by Crippen LogP contribution is 1.88. The molecular formula is C12H26N2O. The summed E-state index contributed by atoms with van der Waals surface area (Å²) in [6.45, 7) is 8.05. The van der Waals surface area contributed by atoms with Gasteiger partial charge in [-0.3, -0.25) is 4.79 Å². The molecule has 0 radical (unpaired) electrons. The number of nitrogens with zero attached hydrogens (tertiary/aromatic N) is 2. The van der Waals surface area contributed by atoms with E-state index in [4.69, 9.17) is 0 Å². The van der Waals surface area contributed by atoms with E-state index in [0.29, 0.717) is 0 Å². The lowest BCUT2D eigenvalue weighted by atomic mass is 10.4. The van der Waals surface area contributed by atoms with Gasteiger partial charge in [0.15, 0.2) is 0 Å². The van der Waals surface area contributed by atoms with Crippen molar-refractivity contribution in [1.29, 1.82) is 0 Å². The van der Waals surface area contributed by atoms with Crippen LogP contribution in [0.25, 0.3) is 0 Å². The lowest BCUT2D eigenvalue weighted by Gasteiger charge is -2.12. The summed E-state index contributed by atoms with van der Waals surface area (Å²) in [7, 11) is 5.55. The molecule has 0 saturated carbocycles. The van der Waals surface area contributed by atoms with E-state index in [9.17, 15) is 4.79 Å². The van der Waals surface area contributed by atoms with Gasteiger partial charge in [0, 0.05) is 26.7 Å². The van der Waals surface area contributed by atoms with Gasteiger partial charge in [-0.1, -0.05) is 26.8 Å². The quantitative estimate of drug-likeness (QED) is 0.654. The highest BCUT2D eigenvalue weighted by molar-refractivity contribution is 5.87. The standard InChI is InChI=1S/C10H20N2O.C2H6/c1-5-8-12(4)9-6-7-10(13)11(2)3;1-2/h6-7H,5,8-9H2,1-4H3;1-2H3/b7-6+;. The van der Waals surface area contributed by atoms with Crippen molar-refractivity contribution in [3.8, 4) is 0 Å². The summed E-state index contributed by atoms with van der Waals surface area (Å²) in [5.74, 6) is 0.0462. The fourth-order valence-electron chi connectivity index (χ4n) is 0.956. The molecule has 15 heavy (non-hydrogen) atoms. The zero-order valence-electron chi connectivity index (χ0n) is 11.1. The molecule has 3 heteroatoms. The van der Waals surface area contributed by atoms with Crippen LogP contribution in [-0.2, 0) is 4.79 Å². The molecule has 0 heterocycles. The Morgan fingerprint density at radius 1 is 1.20 bits per heavy atom. The molecule has 0 bridgehead atoms. The third kappa shape index (κ3) is 11.1. The van der Waals surface area contributed by atoms with Crippen LogP contribution in [0.3, 0.4) is 0 Å². The first-order valence-corrected chi connectivity index (χ1v) is 5.64. The second-order valence-electron chi connectivity index (χ2n) is 3.40. The lowest BCUT2D eigenvalue weighted by Crippen LogP contribution is -2.21. The van der Waals surface area contributed by atoms with E-state index in [1.54, 1.807) is 25.1 Å². The van der Waals surface area contributed by atoms with Crippen molar-refractivity contribution < 1.29 is 4.79 Å². The molecule has 0 aromatic heterocycles. The maximum absolute atomic E-state index is 11.1. The average molecular weight is 214 g/mol. The van der Waals surface area contributed by atoms with Gasteiger partial charge < -0.3 is 9.80 Å². The van der Waals surface area contributed by atoms with Crippen molar-refractivity contribution in [1.82, 2.24) is 9.80 Å². The van der Waals surface area contributed by atoms with Crippen molar-refractivity contribution in [2.24, 2.45) is 0 Å². The first kappa shape index (κ1) is 16.6. The number of rotatable bonds is 5. The number of amides is 1. The molecule has 0 atom stereocenters. The van der Waals surface area contributed by atoms with E-state index in [0.717, 1.165) is 19.5 Å². The van der Waals surface area contributed by atoms with Gasteiger partial charge >= 0.3 is 0 Å². The lowest BCUT2D eigenvalue weighted by molar-refractivity contribution is -0.123. The Balaban J connectivity index is 0. The summed E-state index contributed by atoms with van der Waals surface area (Å²) < 4.78 is 0. The Morgan fingerprint density at radius 2 is 1.73 bits per heavy atom. The minimum absolute atomic E-state index is 0.0462. The van der Waals surface area contributed by atoms with Crippen LogP contribution in [-0.4, -0.2) is 49.9 Å². The van der Waals surface area contributed by atoms with Crippen LogP contribution < -0.4 is 0 Å².